The molecule has 0 saturated carbocycles. The van der Waals surface area contributed by atoms with Gasteiger partial charge in [0.15, 0.2) is 0 Å². The fourth-order valence-corrected chi connectivity index (χ4v) is 1.42. The van der Waals surface area contributed by atoms with Crippen LogP contribution in [0.3, 0.4) is 0 Å². The Balaban J connectivity index is 0.000000845. The summed E-state index contributed by atoms with van der Waals surface area (Å²) in [7, 11) is 0. The van der Waals surface area contributed by atoms with E-state index >= 15 is 0 Å². The minimum absolute atomic E-state index is 0. The van der Waals surface area contributed by atoms with Crippen molar-refractivity contribution >= 4 is 10.8 Å². The Labute approximate surface area is 99.7 Å². The van der Waals surface area contributed by atoms with Gasteiger partial charge in [0.25, 0.3) is 0 Å². The van der Waals surface area contributed by atoms with E-state index in [-0.39, 0.29) is 36.2 Å². The number of benzene rings is 2. The maximum absolute atomic E-state index is 10.7. The van der Waals surface area contributed by atoms with Crippen molar-refractivity contribution in [2.75, 3.05) is 0 Å². The molecule has 2 aromatic carbocycles. The van der Waals surface area contributed by atoms with E-state index in [1.54, 1.807) is 0 Å². The maximum Gasteiger partial charge on any atom is 1.00 e. The van der Waals surface area contributed by atoms with Gasteiger partial charge in [-0.25, -0.2) is 0 Å². The zero-order valence-electron chi connectivity index (χ0n) is 7.66. The summed E-state index contributed by atoms with van der Waals surface area (Å²) in [6.07, 6.45) is 0. The van der Waals surface area contributed by atoms with Gasteiger partial charge in [0.05, 0.1) is 0 Å². The normalized spacial score (nSPS) is 9.62. The second-order valence-corrected chi connectivity index (χ2v) is 2.78. The van der Waals surface area contributed by atoms with Gasteiger partial charge in [0.1, 0.15) is 0 Å². The summed E-state index contributed by atoms with van der Waals surface area (Å²) in [6, 6.07) is 13.8. The van der Waals surface area contributed by atoms with Crippen LogP contribution < -0.4 is 34.7 Å². The molecular weight excluding hydrogens is 171 g/mol. The summed E-state index contributed by atoms with van der Waals surface area (Å²) in [6.45, 7) is -0.138. The van der Waals surface area contributed by atoms with Crippen LogP contribution in [0.1, 0.15) is 5.56 Å². The summed E-state index contributed by atoms with van der Waals surface area (Å²) < 4.78 is 0. The first kappa shape index (κ1) is 10.7. The van der Waals surface area contributed by atoms with E-state index in [9.17, 15) is 5.11 Å². The molecule has 0 aliphatic rings. The first-order valence-electron chi connectivity index (χ1n) is 3.96. The van der Waals surface area contributed by atoms with Crippen LogP contribution in [0, 0.1) is 0 Å². The first-order valence-corrected chi connectivity index (χ1v) is 3.96. The average Bonchev–Trinajstić information content (AvgIpc) is 2.17. The van der Waals surface area contributed by atoms with Crippen LogP contribution in [0.15, 0.2) is 42.5 Å². The Bertz CT molecular complexity index is 393. The molecule has 0 aromatic heterocycles. The molecule has 0 aliphatic carbocycles. The van der Waals surface area contributed by atoms with E-state index in [4.69, 9.17) is 0 Å². The molecule has 1 nitrogen and oxygen atoms in total. The standard InChI is InChI=1S/C11H9O.Na/c12-8-10-6-3-5-9-4-1-2-7-11(9)10;/h1-7H,8H2;/q-1;+1. The molecule has 0 aliphatic heterocycles. The van der Waals surface area contributed by atoms with E-state index in [2.05, 4.69) is 0 Å². The molecule has 13 heavy (non-hydrogen) atoms. The van der Waals surface area contributed by atoms with Crippen molar-refractivity contribution in [3.63, 3.8) is 0 Å². The first-order chi connectivity index (χ1) is 5.92. The molecule has 0 atom stereocenters. The summed E-state index contributed by atoms with van der Waals surface area (Å²) in [5.74, 6) is 0. The summed E-state index contributed by atoms with van der Waals surface area (Å²) in [5.41, 5.74) is 0.883. The number of rotatable bonds is 1. The number of hydrogen-bond donors (Lipinski definition) is 0. The van der Waals surface area contributed by atoms with Crippen molar-refractivity contribution in [3.05, 3.63) is 48.0 Å². The van der Waals surface area contributed by atoms with E-state index in [1.165, 1.54) is 0 Å². The van der Waals surface area contributed by atoms with Crippen molar-refractivity contribution in [3.8, 4) is 0 Å². The molecule has 0 radical (unpaired) electrons. The van der Waals surface area contributed by atoms with Gasteiger partial charge in [-0.3, -0.25) is 0 Å². The zero-order valence-corrected chi connectivity index (χ0v) is 9.66. The van der Waals surface area contributed by atoms with Gasteiger partial charge in [0.2, 0.25) is 0 Å². The molecule has 0 amide bonds. The largest absolute Gasteiger partial charge is 1.00 e. The van der Waals surface area contributed by atoms with Gasteiger partial charge in [-0.15, -0.1) is 6.61 Å². The molecule has 2 rings (SSSR count). The molecule has 60 valence electrons. The molecule has 0 spiro atoms. The van der Waals surface area contributed by atoms with E-state index in [1.807, 2.05) is 42.5 Å². The fraction of sp³-hybridized carbons (Fsp3) is 0.0909. The maximum atomic E-state index is 10.7. The molecule has 0 unspecified atom stereocenters. The Morgan fingerprint density at radius 3 is 2.38 bits per heavy atom. The van der Waals surface area contributed by atoms with Crippen LogP contribution in [-0.4, -0.2) is 0 Å². The monoisotopic (exact) mass is 180 g/mol. The van der Waals surface area contributed by atoms with E-state index in [0.717, 1.165) is 16.3 Å². The topological polar surface area (TPSA) is 23.1 Å². The third kappa shape index (κ3) is 2.12. The molecule has 0 saturated heterocycles. The van der Waals surface area contributed by atoms with Crippen LogP contribution in [0.25, 0.3) is 10.8 Å². The number of fused-ring (bicyclic) bond motifs is 1. The van der Waals surface area contributed by atoms with Crippen molar-refractivity contribution < 1.29 is 34.7 Å². The minimum Gasteiger partial charge on any atom is -0.851 e. The molecule has 2 heteroatoms. The van der Waals surface area contributed by atoms with Crippen LogP contribution in [0.5, 0.6) is 0 Å². The molecule has 0 heterocycles. The van der Waals surface area contributed by atoms with E-state index < -0.39 is 0 Å². The van der Waals surface area contributed by atoms with Crippen molar-refractivity contribution in [2.24, 2.45) is 0 Å². The Morgan fingerprint density at radius 1 is 0.923 bits per heavy atom. The van der Waals surface area contributed by atoms with Crippen LogP contribution in [0.2, 0.25) is 0 Å². The molecular formula is C11H9NaO. The van der Waals surface area contributed by atoms with Crippen LogP contribution >= 0.6 is 0 Å². The SMILES string of the molecule is [Na+].[O-]Cc1cccc2ccccc12. The Morgan fingerprint density at radius 2 is 1.62 bits per heavy atom. The van der Waals surface area contributed by atoms with Gasteiger partial charge in [-0.05, 0) is 10.8 Å². The van der Waals surface area contributed by atoms with Gasteiger partial charge < -0.3 is 5.11 Å². The predicted molar refractivity (Wildman–Crippen MR) is 47.7 cm³/mol. The zero-order chi connectivity index (χ0) is 8.39. The summed E-state index contributed by atoms with van der Waals surface area (Å²) in [4.78, 5) is 0. The van der Waals surface area contributed by atoms with Crippen LogP contribution in [-0.2, 0) is 6.61 Å². The second-order valence-electron chi connectivity index (χ2n) is 2.78. The van der Waals surface area contributed by atoms with Crippen LogP contribution in [0.4, 0.5) is 0 Å². The molecule has 0 fully saturated rings. The van der Waals surface area contributed by atoms with Gasteiger partial charge >= 0.3 is 29.6 Å². The smallest absolute Gasteiger partial charge is 0.851 e. The predicted octanol–water partition coefficient (Wildman–Crippen LogP) is -1.30. The summed E-state index contributed by atoms with van der Waals surface area (Å²) in [5, 5.41) is 13.0. The van der Waals surface area contributed by atoms with Crippen molar-refractivity contribution in [1.82, 2.24) is 0 Å². The number of hydrogen-bond acceptors (Lipinski definition) is 1. The Hall–Kier alpha value is -0.340. The third-order valence-electron chi connectivity index (χ3n) is 2.04. The average molecular weight is 180 g/mol. The van der Waals surface area contributed by atoms with Crippen molar-refractivity contribution in [1.29, 1.82) is 0 Å². The molecule has 0 bridgehead atoms. The van der Waals surface area contributed by atoms with Gasteiger partial charge in [-0.2, -0.15) is 0 Å². The minimum atomic E-state index is -0.138. The third-order valence-corrected chi connectivity index (χ3v) is 2.04. The Kier molecular flexibility index (Phi) is 3.94. The van der Waals surface area contributed by atoms with Gasteiger partial charge in [0, 0.05) is 0 Å². The quantitative estimate of drug-likeness (QED) is 0.500. The van der Waals surface area contributed by atoms with E-state index in [0.29, 0.717) is 0 Å². The molecule has 0 N–H and O–H groups in total. The fourth-order valence-electron chi connectivity index (χ4n) is 1.42. The summed E-state index contributed by atoms with van der Waals surface area (Å²) >= 11 is 0. The van der Waals surface area contributed by atoms with Crippen molar-refractivity contribution in [2.45, 2.75) is 6.61 Å². The molecule has 2 aromatic rings. The second kappa shape index (κ2) is 4.77. The van der Waals surface area contributed by atoms with Gasteiger partial charge in [-0.1, -0.05) is 48.0 Å².